The van der Waals surface area contributed by atoms with Gasteiger partial charge in [-0.3, -0.25) is 10.2 Å². The maximum absolute atomic E-state index is 12.1. The summed E-state index contributed by atoms with van der Waals surface area (Å²) in [6, 6.07) is 7.41. The Labute approximate surface area is 137 Å². The van der Waals surface area contributed by atoms with Crippen molar-refractivity contribution >= 4 is 24.2 Å². The van der Waals surface area contributed by atoms with Gasteiger partial charge >= 0.3 is 6.09 Å². The summed E-state index contributed by atoms with van der Waals surface area (Å²) in [5, 5.41) is 2.80. The van der Waals surface area contributed by atoms with Gasteiger partial charge in [-0.2, -0.15) is 0 Å². The lowest BCUT2D eigenvalue weighted by atomic mass is 9.86. The summed E-state index contributed by atoms with van der Waals surface area (Å²) in [7, 11) is 0. The van der Waals surface area contributed by atoms with Gasteiger partial charge in [0.2, 0.25) is 0 Å². The second-order valence-corrected chi connectivity index (χ2v) is 5.64. The monoisotopic (exact) mass is 326 g/mol. The first-order chi connectivity index (χ1) is 10.3. The van der Waals surface area contributed by atoms with Crippen LogP contribution < -0.4 is 10.1 Å². The molecular weight excluding hydrogens is 304 g/mol. The van der Waals surface area contributed by atoms with Gasteiger partial charge in [-0.05, 0) is 50.9 Å². The number of rotatable bonds is 4. The molecular formula is C16H23ClN2O3. The molecule has 2 bridgehead atoms. The van der Waals surface area contributed by atoms with Gasteiger partial charge in [-0.15, -0.1) is 12.4 Å². The summed E-state index contributed by atoms with van der Waals surface area (Å²) in [5.41, 5.74) is 0.658. The summed E-state index contributed by atoms with van der Waals surface area (Å²) in [6.45, 7) is 5.62. The average Bonchev–Trinajstić information content (AvgIpc) is 2.50. The molecule has 3 saturated heterocycles. The Kier molecular flexibility index (Phi) is 5.91. The number of halogens is 1. The number of benzene rings is 1. The molecule has 0 aliphatic carbocycles. The Morgan fingerprint density at radius 2 is 2.05 bits per heavy atom. The lowest BCUT2D eigenvalue weighted by Gasteiger charge is -2.43. The van der Waals surface area contributed by atoms with E-state index in [9.17, 15) is 4.79 Å². The van der Waals surface area contributed by atoms with Gasteiger partial charge in [0.05, 0.1) is 12.3 Å². The number of para-hydroxylation sites is 2. The Morgan fingerprint density at radius 1 is 1.32 bits per heavy atom. The van der Waals surface area contributed by atoms with Gasteiger partial charge in [0, 0.05) is 6.54 Å². The number of carbonyl (C=O) groups is 1. The zero-order valence-electron chi connectivity index (χ0n) is 12.8. The van der Waals surface area contributed by atoms with Gasteiger partial charge in [-0.25, -0.2) is 4.79 Å². The highest BCUT2D eigenvalue weighted by Crippen LogP contribution is 2.30. The molecule has 5 nitrogen and oxygen atoms in total. The normalized spacial score (nSPS) is 26.0. The molecule has 22 heavy (non-hydrogen) atoms. The molecule has 1 amide bonds. The molecule has 4 rings (SSSR count). The molecule has 0 spiro atoms. The van der Waals surface area contributed by atoms with E-state index >= 15 is 0 Å². The van der Waals surface area contributed by atoms with Crippen LogP contribution in [0.1, 0.15) is 19.8 Å². The Hall–Kier alpha value is -1.46. The predicted octanol–water partition coefficient (Wildman–Crippen LogP) is 3.15. The van der Waals surface area contributed by atoms with E-state index in [0.717, 1.165) is 32.5 Å². The van der Waals surface area contributed by atoms with Crippen molar-refractivity contribution < 1.29 is 14.3 Å². The lowest BCUT2D eigenvalue weighted by molar-refractivity contribution is -0.0290. The number of piperidine rings is 3. The van der Waals surface area contributed by atoms with Crippen molar-refractivity contribution in [3.05, 3.63) is 24.3 Å². The van der Waals surface area contributed by atoms with Crippen molar-refractivity contribution in [2.45, 2.75) is 25.9 Å². The van der Waals surface area contributed by atoms with E-state index in [1.165, 1.54) is 0 Å². The van der Waals surface area contributed by atoms with E-state index in [2.05, 4.69) is 10.2 Å². The topological polar surface area (TPSA) is 50.8 Å². The molecule has 0 radical (unpaired) electrons. The number of fused-ring (bicyclic) bond motifs is 3. The van der Waals surface area contributed by atoms with Crippen molar-refractivity contribution in [1.29, 1.82) is 0 Å². The zero-order chi connectivity index (χ0) is 14.7. The molecule has 0 aromatic heterocycles. The molecule has 3 aliphatic rings. The lowest BCUT2D eigenvalue weighted by Crippen LogP contribution is -2.52. The second kappa shape index (κ2) is 7.70. The number of anilines is 1. The van der Waals surface area contributed by atoms with Crippen LogP contribution in [-0.2, 0) is 4.74 Å². The smallest absolute Gasteiger partial charge is 0.412 e. The largest absolute Gasteiger partial charge is 0.492 e. The quantitative estimate of drug-likeness (QED) is 0.923. The Balaban J connectivity index is 0.00000176. The summed E-state index contributed by atoms with van der Waals surface area (Å²) >= 11 is 0. The van der Waals surface area contributed by atoms with E-state index in [0.29, 0.717) is 24.0 Å². The number of hydrogen-bond donors (Lipinski definition) is 1. The number of nitrogens with one attached hydrogen (secondary N) is 1. The summed E-state index contributed by atoms with van der Waals surface area (Å²) < 4.78 is 11.1. The highest BCUT2D eigenvalue weighted by atomic mass is 35.5. The van der Waals surface area contributed by atoms with E-state index in [-0.39, 0.29) is 24.6 Å². The fraction of sp³-hybridized carbons (Fsp3) is 0.562. The third-order valence-electron chi connectivity index (χ3n) is 4.28. The number of ether oxygens (including phenoxy) is 2. The van der Waals surface area contributed by atoms with E-state index in [4.69, 9.17) is 9.47 Å². The van der Waals surface area contributed by atoms with Crippen molar-refractivity contribution in [2.75, 3.05) is 31.6 Å². The SMILES string of the molecule is CCOc1ccccc1NC(=O)OC1CN2CCC1CC2.Cl. The molecule has 122 valence electrons. The molecule has 6 heteroatoms. The van der Waals surface area contributed by atoms with Crippen LogP contribution in [-0.4, -0.2) is 43.3 Å². The molecule has 3 heterocycles. The third-order valence-corrected chi connectivity index (χ3v) is 4.28. The second-order valence-electron chi connectivity index (χ2n) is 5.64. The van der Waals surface area contributed by atoms with Crippen molar-refractivity contribution in [3.8, 4) is 5.75 Å². The van der Waals surface area contributed by atoms with Crippen LogP contribution in [0.4, 0.5) is 10.5 Å². The third kappa shape index (κ3) is 3.84. The number of amides is 1. The van der Waals surface area contributed by atoms with Crippen LogP contribution in [0.15, 0.2) is 24.3 Å². The van der Waals surface area contributed by atoms with E-state index in [1.54, 1.807) is 0 Å². The molecule has 1 aromatic carbocycles. The van der Waals surface area contributed by atoms with E-state index < -0.39 is 0 Å². The van der Waals surface area contributed by atoms with Crippen LogP contribution >= 0.6 is 12.4 Å². The van der Waals surface area contributed by atoms with Crippen LogP contribution in [0.25, 0.3) is 0 Å². The van der Waals surface area contributed by atoms with Gasteiger partial charge < -0.3 is 9.47 Å². The first-order valence-electron chi connectivity index (χ1n) is 7.68. The molecule has 0 saturated carbocycles. The minimum Gasteiger partial charge on any atom is -0.492 e. The molecule has 3 aliphatic heterocycles. The molecule has 1 aromatic rings. The summed E-state index contributed by atoms with van der Waals surface area (Å²) in [4.78, 5) is 14.5. The van der Waals surface area contributed by atoms with Crippen LogP contribution in [0.5, 0.6) is 5.75 Å². The maximum Gasteiger partial charge on any atom is 0.412 e. The van der Waals surface area contributed by atoms with Crippen molar-refractivity contribution in [3.63, 3.8) is 0 Å². The number of carbonyl (C=O) groups excluding carboxylic acids is 1. The first kappa shape index (κ1) is 16.9. The average molecular weight is 327 g/mol. The standard InChI is InChI=1S/C16H22N2O3.ClH/c1-2-20-14-6-4-3-5-13(14)17-16(19)21-15-11-18-9-7-12(15)8-10-18;/h3-6,12,15H,2,7-11H2,1H3,(H,17,19);1H. The summed E-state index contributed by atoms with van der Waals surface area (Å²) in [5.74, 6) is 1.19. The van der Waals surface area contributed by atoms with Gasteiger partial charge in [0.15, 0.2) is 0 Å². The minimum absolute atomic E-state index is 0. The van der Waals surface area contributed by atoms with Crippen LogP contribution in [0, 0.1) is 5.92 Å². The molecule has 1 unspecified atom stereocenters. The van der Waals surface area contributed by atoms with Crippen molar-refractivity contribution in [1.82, 2.24) is 4.90 Å². The first-order valence-corrected chi connectivity index (χ1v) is 7.68. The molecule has 1 atom stereocenters. The summed E-state index contributed by atoms with van der Waals surface area (Å²) in [6.07, 6.45) is 1.90. The number of hydrogen-bond acceptors (Lipinski definition) is 4. The van der Waals surface area contributed by atoms with Gasteiger partial charge in [-0.1, -0.05) is 12.1 Å². The zero-order valence-corrected chi connectivity index (χ0v) is 13.6. The minimum atomic E-state index is -0.388. The molecule has 3 fully saturated rings. The Bertz CT molecular complexity index is 504. The van der Waals surface area contributed by atoms with Gasteiger partial charge in [0.1, 0.15) is 11.9 Å². The van der Waals surface area contributed by atoms with Crippen LogP contribution in [0.2, 0.25) is 0 Å². The molecule has 1 N–H and O–H groups in total. The van der Waals surface area contributed by atoms with Crippen molar-refractivity contribution in [2.24, 2.45) is 5.92 Å². The predicted molar refractivity (Wildman–Crippen MR) is 87.9 cm³/mol. The highest BCUT2D eigenvalue weighted by molar-refractivity contribution is 5.86. The Morgan fingerprint density at radius 3 is 2.68 bits per heavy atom. The fourth-order valence-corrected chi connectivity index (χ4v) is 3.17. The van der Waals surface area contributed by atoms with E-state index in [1.807, 2.05) is 31.2 Å². The fourth-order valence-electron chi connectivity index (χ4n) is 3.17. The number of nitrogens with zero attached hydrogens (tertiary/aromatic N) is 1. The van der Waals surface area contributed by atoms with Gasteiger partial charge in [0.25, 0.3) is 0 Å². The maximum atomic E-state index is 12.1. The van der Waals surface area contributed by atoms with Crippen LogP contribution in [0.3, 0.4) is 0 Å². The highest BCUT2D eigenvalue weighted by Gasteiger charge is 2.36.